The first-order valence-electron chi connectivity index (χ1n) is 8.12. The highest BCUT2D eigenvalue weighted by atomic mass is 32.2. The molecule has 0 radical (unpaired) electrons. The fourth-order valence-electron chi connectivity index (χ4n) is 2.94. The molecule has 1 aromatic carbocycles. The summed E-state index contributed by atoms with van der Waals surface area (Å²) < 4.78 is 2.01. The minimum atomic E-state index is 0.167. The molecule has 3 rings (SSSR count). The van der Waals surface area contributed by atoms with Crippen molar-refractivity contribution in [3.05, 3.63) is 47.8 Å². The molecule has 0 spiro atoms. The summed E-state index contributed by atoms with van der Waals surface area (Å²) in [5.41, 5.74) is 2.01. The van der Waals surface area contributed by atoms with E-state index >= 15 is 0 Å². The van der Waals surface area contributed by atoms with Crippen molar-refractivity contribution in [1.82, 2.24) is 14.5 Å². The first-order valence-corrected chi connectivity index (χ1v) is 9.10. The number of nitrogens with zero attached hydrogens (tertiary/aromatic N) is 3. The average molecular weight is 329 g/mol. The maximum absolute atomic E-state index is 12.6. The van der Waals surface area contributed by atoms with Crippen molar-refractivity contribution in [2.45, 2.75) is 30.7 Å². The molecule has 0 bridgehead atoms. The van der Waals surface area contributed by atoms with Crippen molar-refractivity contribution < 1.29 is 4.79 Å². The molecule has 0 saturated carbocycles. The molecule has 1 aliphatic heterocycles. The van der Waals surface area contributed by atoms with E-state index in [-0.39, 0.29) is 5.91 Å². The molecule has 0 aliphatic carbocycles. The van der Waals surface area contributed by atoms with Crippen LogP contribution in [0.15, 0.2) is 41.8 Å². The third-order valence-corrected chi connectivity index (χ3v) is 5.42. The number of rotatable bonds is 4. The summed E-state index contributed by atoms with van der Waals surface area (Å²) in [6.45, 7) is 3.99. The number of aromatic nitrogens is 2. The topological polar surface area (TPSA) is 38.1 Å². The van der Waals surface area contributed by atoms with Crippen LogP contribution in [0, 0.1) is 5.92 Å². The molecular formula is C18H23N3OS. The molecule has 2 heterocycles. The normalized spacial score (nSPS) is 18.2. The van der Waals surface area contributed by atoms with Crippen molar-refractivity contribution in [1.29, 1.82) is 0 Å². The molecule has 5 heteroatoms. The number of carbonyl (C=O) groups excluding carboxylic acids is 1. The molecule has 1 fully saturated rings. The number of thioether (sulfide) groups is 1. The highest BCUT2D eigenvalue weighted by molar-refractivity contribution is 7.98. The smallest absolute Gasteiger partial charge is 0.253 e. The summed E-state index contributed by atoms with van der Waals surface area (Å²) in [5.74, 6) is 1.64. The first-order chi connectivity index (χ1) is 11.1. The number of piperidine rings is 1. The van der Waals surface area contributed by atoms with E-state index in [1.165, 1.54) is 12.0 Å². The summed E-state index contributed by atoms with van der Waals surface area (Å²) in [7, 11) is 2.00. The van der Waals surface area contributed by atoms with E-state index in [0.717, 1.165) is 36.0 Å². The fraction of sp³-hybridized carbons (Fsp3) is 0.444. The van der Waals surface area contributed by atoms with E-state index in [4.69, 9.17) is 0 Å². The number of hydrogen-bond acceptors (Lipinski definition) is 3. The summed E-state index contributed by atoms with van der Waals surface area (Å²) in [6, 6.07) is 8.01. The highest BCUT2D eigenvalue weighted by Gasteiger charge is 2.21. The van der Waals surface area contributed by atoms with Crippen LogP contribution in [0.2, 0.25) is 0 Å². The van der Waals surface area contributed by atoms with Gasteiger partial charge in [0.15, 0.2) is 5.16 Å². The third kappa shape index (κ3) is 3.96. The van der Waals surface area contributed by atoms with Crippen LogP contribution in [0.1, 0.15) is 35.7 Å². The van der Waals surface area contributed by atoms with Gasteiger partial charge >= 0.3 is 0 Å². The Labute approximate surface area is 141 Å². The van der Waals surface area contributed by atoms with Crippen LogP contribution >= 0.6 is 11.8 Å². The van der Waals surface area contributed by atoms with Crippen LogP contribution in [-0.4, -0.2) is 33.4 Å². The average Bonchev–Trinajstić information content (AvgIpc) is 2.98. The predicted molar refractivity (Wildman–Crippen MR) is 93.5 cm³/mol. The van der Waals surface area contributed by atoms with Crippen molar-refractivity contribution in [3.8, 4) is 0 Å². The molecule has 122 valence electrons. The fourth-order valence-corrected chi connectivity index (χ4v) is 3.83. The standard InChI is InChI=1S/C18H23N3OS/c1-14-4-3-10-21(12-14)17(22)16-7-5-15(6-8-16)13-23-18-19-9-11-20(18)2/h5-9,11,14H,3-4,10,12-13H2,1-2H3. The van der Waals surface area contributed by atoms with Gasteiger partial charge in [-0.15, -0.1) is 0 Å². The second kappa shape index (κ2) is 7.21. The van der Waals surface area contributed by atoms with E-state index in [1.54, 1.807) is 11.8 Å². The molecule has 2 aromatic rings. The zero-order valence-corrected chi connectivity index (χ0v) is 14.6. The van der Waals surface area contributed by atoms with Crippen molar-refractivity contribution in [2.24, 2.45) is 13.0 Å². The molecule has 1 aromatic heterocycles. The number of imidazole rings is 1. The van der Waals surface area contributed by atoms with E-state index < -0.39 is 0 Å². The van der Waals surface area contributed by atoms with E-state index in [2.05, 4.69) is 24.0 Å². The van der Waals surface area contributed by atoms with Gasteiger partial charge in [0.25, 0.3) is 5.91 Å². The van der Waals surface area contributed by atoms with Crippen LogP contribution < -0.4 is 0 Å². The first kappa shape index (κ1) is 16.1. The van der Waals surface area contributed by atoms with E-state index in [1.807, 2.05) is 41.0 Å². The predicted octanol–water partition coefficient (Wildman–Crippen LogP) is 3.58. The van der Waals surface area contributed by atoms with Gasteiger partial charge in [0.2, 0.25) is 0 Å². The van der Waals surface area contributed by atoms with Gasteiger partial charge in [-0.2, -0.15) is 0 Å². The maximum atomic E-state index is 12.6. The van der Waals surface area contributed by atoms with Gasteiger partial charge in [0, 0.05) is 43.8 Å². The molecule has 1 saturated heterocycles. The number of aryl methyl sites for hydroxylation is 1. The molecule has 4 nitrogen and oxygen atoms in total. The van der Waals surface area contributed by atoms with Gasteiger partial charge in [0.05, 0.1) is 0 Å². The highest BCUT2D eigenvalue weighted by Crippen LogP contribution is 2.22. The Morgan fingerprint density at radius 1 is 1.35 bits per heavy atom. The SMILES string of the molecule is CC1CCCN(C(=O)c2ccc(CSc3nccn3C)cc2)C1. The summed E-state index contributed by atoms with van der Waals surface area (Å²) >= 11 is 1.71. The van der Waals surface area contributed by atoms with Gasteiger partial charge < -0.3 is 9.47 Å². The largest absolute Gasteiger partial charge is 0.338 e. The van der Waals surface area contributed by atoms with Crippen LogP contribution in [0.25, 0.3) is 0 Å². The van der Waals surface area contributed by atoms with Gasteiger partial charge in [-0.25, -0.2) is 4.98 Å². The molecule has 1 unspecified atom stereocenters. The lowest BCUT2D eigenvalue weighted by Crippen LogP contribution is -2.39. The lowest BCUT2D eigenvalue weighted by molar-refractivity contribution is 0.0683. The van der Waals surface area contributed by atoms with E-state index in [0.29, 0.717) is 5.92 Å². The van der Waals surface area contributed by atoms with Crippen LogP contribution in [0.3, 0.4) is 0 Å². The van der Waals surface area contributed by atoms with Crippen LogP contribution in [-0.2, 0) is 12.8 Å². The van der Waals surface area contributed by atoms with Gasteiger partial charge in [-0.3, -0.25) is 4.79 Å². The Kier molecular flexibility index (Phi) is 5.06. The maximum Gasteiger partial charge on any atom is 0.253 e. The number of amides is 1. The zero-order chi connectivity index (χ0) is 16.2. The number of hydrogen-bond donors (Lipinski definition) is 0. The van der Waals surface area contributed by atoms with E-state index in [9.17, 15) is 4.79 Å². The van der Waals surface area contributed by atoms with Gasteiger partial charge in [-0.05, 0) is 36.5 Å². The lowest BCUT2D eigenvalue weighted by Gasteiger charge is -2.31. The Bertz CT molecular complexity index is 665. The summed E-state index contributed by atoms with van der Waals surface area (Å²) in [5, 5.41) is 1.01. The summed E-state index contributed by atoms with van der Waals surface area (Å²) in [4.78, 5) is 18.9. The molecule has 1 atom stereocenters. The minimum Gasteiger partial charge on any atom is -0.338 e. The van der Waals surface area contributed by atoms with Crippen LogP contribution in [0.4, 0.5) is 0 Å². The lowest BCUT2D eigenvalue weighted by atomic mass is 9.99. The summed E-state index contributed by atoms with van der Waals surface area (Å²) in [6.07, 6.45) is 6.10. The quantitative estimate of drug-likeness (QED) is 0.805. The molecule has 23 heavy (non-hydrogen) atoms. The number of likely N-dealkylation sites (tertiary alicyclic amines) is 1. The molecule has 0 N–H and O–H groups in total. The Hall–Kier alpha value is -1.75. The number of benzene rings is 1. The zero-order valence-electron chi connectivity index (χ0n) is 13.7. The molecule has 1 aliphatic rings. The Morgan fingerprint density at radius 3 is 2.78 bits per heavy atom. The molecular weight excluding hydrogens is 306 g/mol. The van der Waals surface area contributed by atoms with Gasteiger partial charge in [-0.1, -0.05) is 30.8 Å². The van der Waals surface area contributed by atoms with Crippen LogP contribution in [0.5, 0.6) is 0 Å². The number of carbonyl (C=O) groups is 1. The minimum absolute atomic E-state index is 0.167. The van der Waals surface area contributed by atoms with Crippen molar-refractivity contribution >= 4 is 17.7 Å². The van der Waals surface area contributed by atoms with Gasteiger partial charge in [0.1, 0.15) is 0 Å². The monoisotopic (exact) mass is 329 g/mol. The Balaban J connectivity index is 1.60. The second-order valence-corrected chi connectivity index (χ2v) is 7.25. The Morgan fingerprint density at radius 2 is 2.13 bits per heavy atom. The van der Waals surface area contributed by atoms with Crippen molar-refractivity contribution in [2.75, 3.05) is 13.1 Å². The second-order valence-electron chi connectivity index (χ2n) is 6.30. The third-order valence-electron chi connectivity index (χ3n) is 4.29. The molecule has 1 amide bonds. The van der Waals surface area contributed by atoms with Crippen molar-refractivity contribution in [3.63, 3.8) is 0 Å².